The summed E-state index contributed by atoms with van der Waals surface area (Å²) in [4.78, 5) is 20.8. The Morgan fingerprint density at radius 2 is 2.18 bits per heavy atom. The number of hydrogen-bond acceptors (Lipinski definition) is 4. The van der Waals surface area contributed by atoms with Gasteiger partial charge < -0.3 is 19.9 Å². The quantitative estimate of drug-likeness (QED) is 0.922. The number of aromatic nitrogens is 1. The standard InChI is InChI=1S/C16H24N4O2/c1-13-12-22-9-8-20(13)16(21)18-11-14-4-5-15(17-10-14)19-6-2-3-7-19/h4-5,10,13H,2-3,6-9,11-12H2,1H3,(H,18,21). The van der Waals surface area contributed by atoms with Crippen molar-refractivity contribution in [2.24, 2.45) is 0 Å². The summed E-state index contributed by atoms with van der Waals surface area (Å²) >= 11 is 0. The van der Waals surface area contributed by atoms with Gasteiger partial charge in [0.25, 0.3) is 0 Å². The van der Waals surface area contributed by atoms with Gasteiger partial charge in [0.15, 0.2) is 0 Å². The fraction of sp³-hybridized carbons (Fsp3) is 0.625. The van der Waals surface area contributed by atoms with Crippen molar-refractivity contribution in [2.75, 3.05) is 37.7 Å². The number of morpholine rings is 1. The van der Waals surface area contributed by atoms with Crippen LogP contribution in [0.1, 0.15) is 25.3 Å². The van der Waals surface area contributed by atoms with Crippen molar-refractivity contribution in [3.05, 3.63) is 23.9 Å². The summed E-state index contributed by atoms with van der Waals surface area (Å²) in [6, 6.07) is 4.19. The fourth-order valence-corrected chi connectivity index (χ4v) is 2.96. The van der Waals surface area contributed by atoms with Gasteiger partial charge in [-0.2, -0.15) is 0 Å². The van der Waals surface area contributed by atoms with E-state index < -0.39 is 0 Å². The molecule has 0 spiro atoms. The number of urea groups is 1. The first kappa shape index (κ1) is 15.1. The van der Waals surface area contributed by atoms with E-state index in [4.69, 9.17) is 4.74 Å². The Balaban J connectivity index is 1.51. The van der Waals surface area contributed by atoms with Crippen LogP contribution in [0.25, 0.3) is 0 Å². The highest BCUT2D eigenvalue weighted by atomic mass is 16.5. The van der Waals surface area contributed by atoms with Crippen LogP contribution in [-0.2, 0) is 11.3 Å². The normalized spacial score (nSPS) is 22.0. The zero-order chi connectivity index (χ0) is 15.4. The van der Waals surface area contributed by atoms with Gasteiger partial charge in [0, 0.05) is 32.4 Å². The van der Waals surface area contributed by atoms with Crippen molar-refractivity contribution in [1.29, 1.82) is 0 Å². The summed E-state index contributed by atoms with van der Waals surface area (Å²) < 4.78 is 5.35. The lowest BCUT2D eigenvalue weighted by Crippen LogP contribution is -2.51. The van der Waals surface area contributed by atoms with E-state index in [0.717, 1.165) is 24.5 Å². The van der Waals surface area contributed by atoms with Gasteiger partial charge in [0.1, 0.15) is 5.82 Å². The van der Waals surface area contributed by atoms with Crippen LogP contribution in [0.5, 0.6) is 0 Å². The van der Waals surface area contributed by atoms with Crippen molar-refractivity contribution in [3.63, 3.8) is 0 Å². The van der Waals surface area contributed by atoms with E-state index in [2.05, 4.69) is 15.2 Å². The second-order valence-electron chi connectivity index (χ2n) is 5.99. The largest absolute Gasteiger partial charge is 0.377 e. The van der Waals surface area contributed by atoms with Gasteiger partial charge in [-0.15, -0.1) is 0 Å². The molecule has 2 saturated heterocycles. The first-order valence-electron chi connectivity index (χ1n) is 8.06. The van der Waals surface area contributed by atoms with Gasteiger partial charge in [0.2, 0.25) is 0 Å². The Hall–Kier alpha value is -1.82. The molecule has 2 aliphatic heterocycles. The number of anilines is 1. The van der Waals surface area contributed by atoms with Crippen LogP contribution < -0.4 is 10.2 Å². The number of pyridine rings is 1. The van der Waals surface area contributed by atoms with Crippen molar-refractivity contribution in [3.8, 4) is 0 Å². The Kier molecular flexibility index (Phi) is 4.77. The lowest BCUT2D eigenvalue weighted by atomic mass is 10.2. The van der Waals surface area contributed by atoms with Crippen LogP contribution in [0.3, 0.4) is 0 Å². The maximum Gasteiger partial charge on any atom is 0.318 e. The number of nitrogens with zero attached hydrogens (tertiary/aromatic N) is 3. The van der Waals surface area contributed by atoms with Crippen molar-refractivity contribution >= 4 is 11.8 Å². The zero-order valence-corrected chi connectivity index (χ0v) is 13.1. The number of hydrogen-bond donors (Lipinski definition) is 1. The monoisotopic (exact) mass is 304 g/mol. The van der Waals surface area contributed by atoms with Crippen molar-refractivity contribution in [2.45, 2.75) is 32.4 Å². The molecule has 120 valence electrons. The van der Waals surface area contributed by atoms with Gasteiger partial charge in [-0.1, -0.05) is 6.07 Å². The smallest absolute Gasteiger partial charge is 0.318 e. The number of amides is 2. The molecule has 0 aromatic carbocycles. The number of carbonyl (C=O) groups is 1. The highest BCUT2D eigenvalue weighted by Gasteiger charge is 2.23. The van der Waals surface area contributed by atoms with E-state index in [0.29, 0.717) is 26.3 Å². The van der Waals surface area contributed by atoms with Gasteiger partial charge in [0.05, 0.1) is 19.3 Å². The van der Waals surface area contributed by atoms with E-state index in [1.165, 1.54) is 12.8 Å². The fourth-order valence-electron chi connectivity index (χ4n) is 2.96. The minimum Gasteiger partial charge on any atom is -0.377 e. The number of nitrogens with one attached hydrogen (secondary N) is 1. The zero-order valence-electron chi connectivity index (χ0n) is 13.1. The number of carbonyl (C=O) groups excluding carboxylic acids is 1. The van der Waals surface area contributed by atoms with Crippen LogP contribution in [0.2, 0.25) is 0 Å². The summed E-state index contributed by atoms with van der Waals surface area (Å²) in [6.07, 6.45) is 4.35. The van der Waals surface area contributed by atoms with Crippen LogP contribution in [0, 0.1) is 0 Å². The molecule has 1 aromatic rings. The summed E-state index contributed by atoms with van der Waals surface area (Å²) in [5.74, 6) is 1.04. The molecule has 0 bridgehead atoms. The van der Waals surface area contributed by atoms with Gasteiger partial charge >= 0.3 is 6.03 Å². The van der Waals surface area contributed by atoms with E-state index in [-0.39, 0.29) is 12.1 Å². The van der Waals surface area contributed by atoms with Crippen LogP contribution >= 0.6 is 0 Å². The Bertz CT molecular complexity index is 499. The molecule has 1 aromatic heterocycles. The topological polar surface area (TPSA) is 57.7 Å². The van der Waals surface area contributed by atoms with Crippen molar-refractivity contribution in [1.82, 2.24) is 15.2 Å². The third-order valence-electron chi connectivity index (χ3n) is 4.31. The molecule has 1 atom stereocenters. The highest BCUT2D eigenvalue weighted by molar-refractivity contribution is 5.74. The van der Waals surface area contributed by atoms with Gasteiger partial charge in [-0.05, 0) is 31.4 Å². The third-order valence-corrected chi connectivity index (χ3v) is 4.31. The molecule has 2 aliphatic rings. The lowest BCUT2D eigenvalue weighted by Gasteiger charge is -2.33. The number of ether oxygens (including phenoxy) is 1. The Labute approximate surface area is 131 Å². The molecule has 1 unspecified atom stereocenters. The highest BCUT2D eigenvalue weighted by Crippen LogP contribution is 2.17. The summed E-state index contributed by atoms with van der Waals surface area (Å²) in [5.41, 5.74) is 1.03. The SMILES string of the molecule is CC1COCCN1C(=O)NCc1ccc(N2CCCC2)nc1. The van der Waals surface area contributed by atoms with E-state index in [1.807, 2.05) is 30.2 Å². The molecule has 0 aliphatic carbocycles. The second-order valence-corrected chi connectivity index (χ2v) is 5.99. The second kappa shape index (κ2) is 6.96. The molecule has 1 N–H and O–H groups in total. The predicted octanol–water partition coefficient (Wildman–Crippen LogP) is 1.61. The molecule has 2 amide bonds. The maximum atomic E-state index is 12.2. The molecule has 0 saturated carbocycles. The summed E-state index contributed by atoms with van der Waals surface area (Å²) in [5, 5.41) is 2.97. The van der Waals surface area contributed by atoms with Crippen molar-refractivity contribution < 1.29 is 9.53 Å². The number of rotatable bonds is 3. The molecular formula is C16H24N4O2. The molecule has 2 fully saturated rings. The third kappa shape index (κ3) is 3.50. The molecule has 6 nitrogen and oxygen atoms in total. The first-order chi connectivity index (χ1) is 10.7. The molecule has 22 heavy (non-hydrogen) atoms. The summed E-state index contributed by atoms with van der Waals surface area (Å²) in [7, 11) is 0. The molecule has 3 heterocycles. The molecule has 0 radical (unpaired) electrons. The average Bonchev–Trinajstić information content (AvgIpc) is 3.08. The van der Waals surface area contributed by atoms with E-state index >= 15 is 0 Å². The predicted molar refractivity (Wildman–Crippen MR) is 84.9 cm³/mol. The lowest BCUT2D eigenvalue weighted by molar-refractivity contribution is 0.0190. The molecule has 3 rings (SSSR count). The minimum absolute atomic E-state index is 0.0283. The Morgan fingerprint density at radius 3 is 2.86 bits per heavy atom. The van der Waals surface area contributed by atoms with E-state index in [9.17, 15) is 4.79 Å². The van der Waals surface area contributed by atoms with Gasteiger partial charge in [-0.25, -0.2) is 9.78 Å². The van der Waals surface area contributed by atoms with E-state index in [1.54, 1.807) is 0 Å². The molecular weight excluding hydrogens is 280 g/mol. The van der Waals surface area contributed by atoms with Crippen LogP contribution in [-0.4, -0.2) is 54.8 Å². The van der Waals surface area contributed by atoms with Crippen LogP contribution in [0.15, 0.2) is 18.3 Å². The average molecular weight is 304 g/mol. The molecule has 6 heteroatoms. The first-order valence-corrected chi connectivity index (χ1v) is 8.06. The Morgan fingerprint density at radius 1 is 1.36 bits per heavy atom. The minimum atomic E-state index is -0.0283. The van der Waals surface area contributed by atoms with Gasteiger partial charge in [-0.3, -0.25) is 0 Å². The van der Waals surface area contributed by atoms with Crippen LogP contribution in [0.4, 0.5) is 10.6 Å². The maximum absolute atomic E-state index is 12.2. The summed E-state index contributed by atoms with van der Waals surface area (Å²) in [6.45, 7) is 6.58.